The highest BCUT2D eigenvalue weighted by Gasteiger charge is 2.11. The predicted molar refractivity (Wildman–Crippen MR) is 72.3 cm³/mol. The third-order valence-corrected chi connectivity index (χ3v) is 4.28. The van der Waals surface area contributed by atoms with Gasteiger partial charge in [-0.25, -0.2) is 4.98 Å². The topological polar surface area (TPSA) is 59.1 Å². The lowest BCUT2D eigenvalue weighted by Crippen LogP contribution is -2.21. The van der Waals surface area contributed by atoms with Crippen molar-refractivity contribution in [2.24, 2.45) is 0 Å². The molecule has 2 aromatic heterocycles. The quantitative estimate of drug-likeness (QED) is 0.876. The molecule has 0 aliphatic carbocycles. The lowest BCUT2D eigenvalue weighted by Gasteiger charge is -2.00. The molecule has 0 radical (unpaired) electrons. The van der Waals surface area contributed by atoms with E-state index in [-0.39, 0.29) is 11.7 Å². The largest absolute Gasteiger partial charge is 0.346 e. The second-order valence-electron chi connectivity index (χ2n) is 3.76. The number of thiazole rings is 1. The Labute approximate surface area is 113 Å². The molecular formula is C12H12N2O2S2. The van der Waals surface area contributed by atoms with Gasteiger partial charge in [0, 0.05) is 5.38 Å². The Bertz CT molecular complexity index is 586. The highest BCUT2D eigenvalue weighted by atomic mass is 32.1. The van der Waals surface area contributed by atoms with Crippen molar-refractivity contribution in [3.63, 3.8) is 0 Å². The van der Waals surface area contributed by atoms with Crippen LogP contribution in [0.25, 0.3) is 0 Å². The molecule has 2 heterocycles. The van der Waals surface area contributed by atoms with Crippen molar-refractivity contribution in [3.8, 4) is 0 Å². The fourth-order valence-electron chi connectivity index (χ4n) is 1.40. The Balaban J connectivity index is 1.97. The molecule has 2 aromatic rings. The minimum atomic E-state index is -0.168. The molecule has 0 atom stereocenters. The monoisotopic (exact) mass is 280 g/mol. The van der Waals surface area contributed by atoms with Crippen LogP contribution < -0.4 is 5.32 Å². The van der Waals surface area contributed by atoms with Gasteiger partial charge in [0.15, 0.2) is 5.78 Å². The van der Waals surface area contributed by atoms with E-state index in [4.69, 9.17) is 0 Å². The van der Waals surface area contributed by atoms with E-state index in [1.54, 1.807) is 23.5 Å². The van der Waals surface area contributed by atoms with Crippen molar-refractivity contribution >= 4 is 34.4 Å². The first-order chi connectivity index (χ1) is 8.56. The third kappa shape index (κ3) is 3.02. The molecule has 1 N–H and O–H groups in total. The number of carbonyl (C=O) groups excluding carboxylic acids is 2. The minimum Gasteiger partial charge on any atom is -0.346 e. The summed E-state index contributed by atoms with van der Waals surface area (Å²) in [6.07, 6.45) is 0. The molecule has 6 heteroatoms. The average Bonchev–Trinajstić information content (AvgIpc) is 2.94. The van der Waals surface area contributed by atoms with Gasteiger partial charge in [0.05, 0.1) is 27.0 Å². The molecule has 0 unspecified atom stereocenters. The number of hydrogen-bond acceptors (Lipinski definition) is 5. The summed E-state index contributed by atoms with van der Waals surface area (Å²) < 4.78 is 0. The van der Waals surface area contributed by atoms with Crippen LogP contribution in [0.4, 0.5) is 0 Å². The number of carbonyl (C=O) groups is 2. The van der Waals surface area contributed by atoms with Gasteiger partial charge in [-0.1, -0.05) is 0 Å². The standard InChI is InChI=1S/C12H12N2O2S2/c1-7(15)10-3-4-11(18-10)12(16)13-5-9-6-17-8(2)14-9/h3-4,6H,5H2,1-2H3,(H,13,16). The zero-order valence-electron chi connectivity index (χ0n) is 10.0. The molecule has 0 fully saturated rings. The molecular weight excluding hydrogens is 268 g/mol. The first-order valence-corrected chi connectivity index (χ1v) is 7.06. The van der Waals surface area contributed by atoms with Crippen molar-refractivity contribution in [1.82, 2.24) is 10.3 Å². The second-order valence-corrected chi connectivity index (χ2v) is 5.91. The van der Waals surface area contributed by atoms with Crippen LogP contribution in [-0.4, -0.2) is 16.7 Å². The van der Waals surface area contributed by atoms with Gasteiger partial charge in [-0.15, -0.1) is 22.7 Å². The smallest absolute Gasteiger partial charge is 0.261 e. The van der Waals surface area contributed by atoms with E-state index in [9.17, 15) is 9.59 Å². The van der Waals surface area contributed by atoms with Crippen LogP contribution in [0.15, 0.2) is 17.5 Å². The van der Waals surface area contributed by atoms with Gasteiger partial charge in [0.25, 0.3) is 5.91 Å². The number of nitrogens with one attached hydrogen (secondary N) is 1. The van der Waals surface area contributed by atoms with Crippen LogP contribution >= 0.6 is 22.7 Å². The van der Waals surface area contributed by atoms with E-state index >= 15 is 0 Å². The number of ketones is 1. The molecule has 0 saturated heterocycles. The highest BCUT2D eigenvalue weighted by molar-refractivity contribution is 7.16. The first kappa shape index (κ1) is 12.9. The minimum absolute atomic E-state index is 0.0193. The summed E-state index contributed by atoms with van der Waals surface area (Å²) in [5, 5.41) is 5.69. The van der Waals surface area contributed by atoms with Crippen molar-refractivity contribution in [1.29, 1.82) is 0 Å². The fraction of sp³-hybridized carbons (Fsp3) is 0.250. The third-order valence-electron chi connectivity index (χ3n) is 2.27. The Morgan fingerprint density at radius 2 is 2.06 bits per heavy atom. The van der Waals surface area contributed by atoms with Crippen LogP contribution in [0, 0.1) is 6.92 Å². The van der Waals surface area contributed by atoms with Gasteiger partial charge in [0.1, 0.15) is 0 Å². The maximum Gasteiger partial charge on any atom is 0.261 e. The number of amides is 1. The average molecular weight is 280 g/mol. The molecule has 0 saturated carbocycles. The van der Waals surface area contributed by atoms with Crippen molar-refractivity contribution < 1.29 is 9.59 Å². The van der Waals surface area contributed by atoms with Gasteiger partial charge in [-0.3, -0.25) is 9.59 Å². The predicted octanol–water partition coefficient (Wildman–Crippen LogP) is 2.65. The van der Waals surface area contributed by atoms with Crippen LogP contribution in [0.2, 0.25) is 0 Å². The highest BCUT2D eigenvalue weighted by Crippen LogP contribution is 2.17. The Hall–Kier alpha value is -1.53. The SMILES string of the molecule is CC(=O)c1ccc(C(=O)NCc2csc(C)n2)s1. The number of thiophene rings is 1. The molecule has 0 aliphatic rings. The molecule has 1 amide bonds. The van der Waals surface area contributed by atoms with E-state index in [1.807, 2.05) is 12.3 Å². The normalized spacial score (nSPS) is 10.3. The second kappa shape index (κ2) is 5.41. The van der Waals surface area contributed by atoms with Crippen LogP contribution in [-0.2, 0) is 6.54 Å². The number of hydrogen-bond donors (Lipinski definition) is 1. The summed E-state index contributed by atoms with van der Waals surface area (Å²) in [7, 11) is 0. The summed E-state index contributed by atoms with van der Waals surface area (Å²) in [6, 6.07) is 3.35. The number of Topliss-reactive ketones (excluding diaryl/α,β-unsaturated/α-hetero) is 1. The molecule has 0 bridgehead atoms. The van der Waals surface area contributed by atoms with Gasteiger partial charge in [-0.05, 0) is 26.0 Å². The summed E-state index contributed by atoms with van der Waals surface area (Å²) >= 11 is 2.77. The number of aromatic nitrogens is 1. The zero-order valence-corrected chi connectivity index (χ0v) is 11.7. The summed E-state index contributed by atoms with van der Waals surface area (Å²) in [4.78, 5) is 28.4. The molecule has 94 valence electrons. The lowest BCUT2D eigenvalue weighted by molar-refractivity contribution is 0.0954. The van der Waals surface area contributed by atoms with Crippen molar-refractivity contribution in [2.75, 3.05) is 0 Å². The number of aryl methyl sites for hydroxylation is 1. The Morgan fingerprint density at radius 3 is 2.61 bits per heavy atom. The molecule has 4 nitrogen and oxygen atoms in total. The van der Waals surface area contributed by atoms with Crippen molar-refractivity contribution in [3.05, 3.63) is 38.0 Å². The van der Waals surface area contributed by atoms with Gasteiger partial charge in [0.2, 0.25) is 0 Å². The van der Waals surface area contributed by atoms with E-state index in [1.165, 1.54) is 18.3 Å². The van der Waals surface area contributed by atoms with Gasteiger partial charge in [-0.2, -0.15) is 0 Å². The van der Waals surface area contributed by atoms with Gasteiger partial charge >= 0.3 is 0 Å². The van der Waals surface area contributed by atoms with Gasteiger partial charge < -0.3 is 5.32 Å². The van der Waals surface area contributed by atoms with Crippen LogP contribution in [0.1, 0.15) is 37.0 Å². The molecule has 0 aromatic carbocycles. The van der Waals surface area contributed by atoms with Crippen LogP contribution in [0.3, 0.4) is 0 Å². The molecule has 0 spiro atoms. The number of nitrogens with zero attached hydrogens (tertiary/aromatic N) is 1. The Kier molecular flexibility index (Phi) is 3.88. The first-order valence-electron chi connectivity index (χ1n) is 5.36. The van der Waals surface area contributed by atoms with E-state index in [0.717, 1.165) is 10.7 Å². The maximum atomic E-state index is 11.8. The molecule has 18 heavy (non-hydrogen) atoms. The molecule has 0 aliphatic heterocycles. The van der Waals surface area contributed by atoms with E-state index < -0.39 is 0 Å². The fourth-order valence-corrected chi connectivity index (χ4v) is 2.83. The van der Waals surface area contributed by atoms with Crippen molar-refractivity contribution in [2.45, 2.75) is 20.4 Å². The van der Waals surface area contributed by atoms with E-state index in [0.29, 0.717) is 16.3 Å². The summed E-state index contributed by atoms with van der Waals surface area (Å²) in [6.45, 7) is 3.83. The summed E-state index contributed by atoms with van der Waals surface area (Å²) in [5.74, 6) is -0.188. The lowest BCUT2D eigenvalue weighted by atomic mass is 10.3. The Morgan fingerprint density at radius 1 is 1.33 bits per heavy atom. The van der Waals surface area contributed by atoms with E-state index in [2.05, 4.69) is 10.3 Å². The molecule has 2 rings (SSSR count). The maximum absolute atomic E-state index is 11.8. The number of rotatable bonds is 4. The van der Waals surface area contributed by atoms with Crippen LogP contribution in [0.5, 0.6) is 0 Å². The summed E-state index contributed by atoms with van der Waals surface area (Å²) in [5.41, 5.74) is 0.856. The zero-order chi connectivity index (χ0) is 13.1.